The number of carbonyl (C=O) groups is 3. The number of Topliss-reactive ketones (excluding diaryl/α,β-unsaturated/α-hetero) is 1. The molecule has 0 bridgehead atoms. The number of alkyl halides is 3. The number of hydrogen-bond donors (Lipinski definition) is 1. The van der Waals surface area contributed by atoms with Crippen molar-refractivity contribution in [1.82, 2.24) is 50.3 Å². The molecule has 0 spiro atoms. The van der Waals surface area contributed by atoms with Crippen molar-refractivity contribution in [2.75, 3.05) is 20.1 Å². The number of hydrogen-bond acceptors (Lipinski definition) is 8. The molecule has 1 aliphatic heterocycles. The van der Waals surface area contributed by atoms with Gasteiger partial charge < -0.3 is 4.90 Å². The van der Waals surface area contributed by atoms with Crippen LogP contribution in [-0.2, 0) is 19.1 Å². The Morgan fingerprint density at radius 3 is 2.53 bits per heavy atom. The van der Waals surface area contributed by atoms with E-state index in [9.17, 15) is 27.6 Å². The van der Waals surface area contributed by atoms with E-state index in [0.29, 0.717) is 22.5 Å². The zero-order valence-electron chi connectivity index (χ0n) is 22.4. The van der Waals surface area contributed by atoms with Gasteiger partial charge in [-0.2, -0.15) is 23.1 Å². The first-order valence-electron chi connectivity index (χ1n) is 12.5. The Morgan fingerprint density at radius 2 is 1.88 bits per heavy atom. The maximum Gasteiger partial charge on any atom is 0.455 e. The number of tetrazole rings is 1. The number of ketones is 1. The molecule has 1 aliphatic rings. The molecule has 3 aromatic heterocycles. The molecule has 0 radical (unpaired) electrons. The van der Waals surface area contributed by atoms with Gasteiger partial charge in [0.1, 0.15) is 12.2 Å². The molecule has 5 rings (SSSR count). The van der Waals surface area contributed by atoms with Crippen molar-refractivity contribution in [2.45, 2.75) is 26.1 Å². The maximum atomic E-state index is 13.8. The van der Waals surface area contributed by atoms with E-state index in [2.05, 4.69) is 30.9 Å². The number of amides is 3. The molecule has 43 heavy (non-hydrogen) atoms. The van der Waals surface area contributed by atoms with E-state index >= 15 is 0 Å². The van der Waals surface area contributed by atoms with Crippen LogP contribution in [0.2, 0.25) is 10.0 Å². The highest BCUT2D eigenvalue weighted by atomic mass is 35.5. The fourth-order valence-corrected chi connectivity index (χ4v) is 4.84. The topological polar surface area (TPSA) is 144 Å². The molecule has 0 unspecified atom stereocenters. The molecule has 3 amide bonds. The Morgan fingerprint density at radius 1 is 1.12 bits per heavy atom. The average molecular weight is 637 g/mol. The van der Waals surface area contributed by atoms with Crippen LogP contribution in [0.5, 0.6) is 0 Å². The summed E-state index contributed by atoms with van der Waals surface area (Å²) < 4.78 is 40.0. The first-order valence-corrected chi connectivity index (χ1v) is 13.3. The number of hydrazine groups is 1. The molecule has 224 valence electrons. The van der Waals surface area contributed by atoms with Crippen LogP contribution in [0.1, 0.15) is 43.5 Å². The predicted octanol–water partition coefficient (Wildman–Crippen LogP) is 3.37. The second-order valence-electron chi connectivity index (χ2n) is 9.53. The number of pyridine rings is 1. The fourth-order valence-electron chi connectivity index (χ4n) is 4.36. The Balaban J connectivity index is 1.49. The minimum atomic E-state index is -4.79. The zero-order valence-corrected chi connectivity index (χ0v) is 23.9. The highest BCUT2D eigenvalue weighted by molar-refractivity contribution is 6.32. The van der Waals surface area contributed by atoms with E-state index in [1.807, 2.05) is 0 Å². The van der Waals surface area contributed by atoms with Gasteiger partial charge in [0.2, 0.25) is 0 Å². The summed E-state index contributed by atoms with van der Waals surface area (Å²) >= 11 is 12.6. The lowest BCUT2D eigenvalue weighted by Gasteiger charge is -2.19. The van der Waals surface area contributed by atoms with Crippen LogP contribution >= 0.6 is 23.2 Å². The molecule has 18 heteroatoms. The second kappa shape index (κ2) is 11.6. The number of nitrogens with one attached hydrogen (secondary N) is 1. The fraction of sp³-hybridized carbons (Fsp3) is 0.280. The van der Waals surface area contributed by atoms with E-state index in [1.165, 1.54) is 29.3 Å². The average Bonchev–Trinajstić information content (AvgIpc) is 3.66. The van der Waals surface area contributed by atoms with Crippen molar-refractivity contribution in [1.29, 1.82) is 0 Å². The lowest BCUT2D eigenvalue weighted by Crippen LogP contribution is -2.44. The molecule has 1 fully saturated rings. The van der Waals surface area contributed by atoms with Crippen molar-refractivity contribution in [3.63, 3.8) is 0 Å². The Kier molecular flexibility index (Phi) is 8.07. The molecule has 1 N–H and O–H groups in total. The van der Waals surface area contributed by atoms with Gasteiger partial charge in [0, 0.05) is 36.8 Å². The summed E-state index contributed by atoms with van der Waals surface area (Å²) in [6.07, 6.45) is -3.68. The lowest BCUT2D eigenvalue weighted by atomic mass is 9.95. The summed E-state index contributed by atoms with van der Waals surface area (Å²) in [5, 5.41) is 15.6. The molecule has 4 aromatic rings. The maximum absolute atomic E-state index is 13.8. The number of likely N-dealkylation sites (N-methyl/N-ethyl adjacent to an activating group) is 1. The van der Waals surface area contributed by atoms with Crippen LogP contribution in [0, 0.1) is 6.92 Å². The number of nitrogens with zero attached hydrogens (tertiary/aromatic N) is 9. The number of rotatable bonds is 8. The largest absolute Gasteiger partial charge is 0.455 e. The first kappa shape index (κ1) is 29.9. The van der Waals surface area contributed by atoms with Crippen LogP contribution in [-0.4, -0.2) is 82.7 Å². The van der Waals surface area contributed by atoms with E-state index in [1.54, 1.807) is 26.1 Å². The van der Waals surface area contributed by atoms with E-state index < -0.39 is 29.7 Å². The third-order valence-electron chi connectivity index (χ3n) is 6.47. The second-order valence-corrected chi connectivity index (χ2v) is 10.4. The predicted molar refractivity (Wildman–Crippen MR) is 145 cm³/mol. The van der Waals surface area contributed by atoms with Gasteiger partial charge in [0.25, 0.3) is 11.7 Å². The minimum Gasteiger partial charge on any atom is -0.324 e. The molecule has 0 atom stereocenters. The van der Waals surface area contributed by atoms with Gasteiger partial charge in [-0.15, -0.1) is 10.2 Å². The van der Waals surface area contributed by atoms with Crippen molar-refractivity contribution in [3.8, 4) is 5.82 Å². The number of aryl methyl sites for hydroxylation is 1. The van der Waals surface area contributed by atoms with Crippen LogP contribution in [0.25, 0.3) is 5.82 Å². The van der Waals surface area contributed by atoms with Gasteiger partial charge in [0.15, 0.2) is 11.6 Å². The molecule has 0 aliphatic carbocycles. The summed E-state index contributed by atoms with van der Waals surface area (Å²) in [6.45, 7) is 2.01. The van der Waals surface area contributed by atoms with E-state index in [-0.39, 0.29) is 52.3 Å². The van der Waals surface area contributed by atoms with Crippen molar-refractivity contribution >= 4 is 40.9 Å². The Hall–Kier alpha value is -4.57. The highest BCUT2D eigenvalue weighted by Gasteiger charge is 2.37. The molecular formula is C25H21Cl2F3N10O3. The molecule has 13 nitrogen and oxygen atoms in total. The van der Waals surface area contributed by atoms with Crippen LogP contribution in [0.3, 0.4) is 0 Å². The number of halogens is 5. The third-order valence-corrected chi connectivity index (χ3v) is 6.98. The molecule has 4 heterocycles. The van der Waals surface area contributed by atoms with Gasteiger partial charge in [-0.25, -0.2) is 19.5 Å². The van der Waals surface area contributed by atoms with E-state index in [4.69, 9.17) is 23.2 Å². The summed E-state index contributed by atoms with van der Waals surface area (Å²) in [5.74, 6) is -2.51. The quantitative estimate of drug-likeness (QED) is 0.290. The van der Waals surface area contributed by atoms with Crippen LogP contribution < -0.4 is 5.43 Å². The van der Waals surface area contributed by atoms with Crippen molar-refractivity contribution in [2.24, 2.45) is 0 Å². The molecule has 0 saturated carbocycles. The molecular weight excluding hydrogens is 616 g/mol. The van der Waals surface area contributed by atoms with Crippen molar-refractivity contribution in [3.05, 3.63) is 80.5 Å². The normalized spacial score (nSPS) is 13.6. The monoisotopic (exact) mass is 636 g/mol. The highest BCUT2D eigenvalue weighted by Crippen LogP contribution is 2.27. The Bertz CT molecular complexity index is 1740. The SMILES string of the molecule is Cc1cc(Cl)cc(C(=O)NN2CCN(C)C2=O)c1CC(=O)c1cc(Cn2nnc(C(F)(F)F)n2)nn1-c1ncccc1Cl. The van der Waals surface area contributed by atoms with Gasteiger partial charge >= 0.3 is 12.2 Å². The van der Waals surface area contributed by atoms with Gasteiger partial charge in [-0.3, -0.25) is 15.0 Å². The number of urea groups is 1. The summed E-state index contributed by atoms with van der Waals surface area (Å²) in [5.41, 5.74) is 3.59. The summed E-state index contributed by atoms with van der Waals surface area (Å²) in [4.78, 5) is 45.7. The standard InChI is InChI=1S/C25H21Cl2F3N10O3/c1-13-8-14(26)9-17(22(42)34-38-7-6-37(2)24(38)43)16(13)11-20(41)19-10-15(12-39-35-23(32-36-39)25(28,29)30)33-40(19)21-18(27)4-3-5-31-21/h3-5,8-10H,6-7,11-12H2,1-2H3,(H,34,42). The van der Waals surface area contributed by atoms with Crippen molar-refractivity contribution < 1.29 is 27.6 Å². The number of aromatic nitrogens is 7. The Labute approximate surface area is 251 Å². The smallest absolute Gasteiger partial charge is 0.324 e. The van der Waals surface area contributed by atoms with E-state index in [0.717, 1.165) is 9.69 Å². The first-order chi connectivity index (χ1) is 20.3. The zero-order chi connectivity index (χ0) is 31.1. The summed E-state index contributed by atoms with van der Waals surface area (Å²) in [6, 6.07) is 7.02. The van der Waals surface area contributed by atoms with Gasteiger partial charge in [0.05, 0.1) is 17.3 Å². The van der Waals surface area contributed by atoms with Crippen LogP contribution in [0.4, 0.5) is 18.0 Å². The molecule has 1 aromatic carbocycles. The minimum absolute atomic E-state index is 0.0242. The third kappa shape index (κ3) is 6.29. The molecule has 1 saturated heterocycles. The van der Waals surface area contributed by atoms with Gasteiger partial charge in [-0.05, 0) is 53.6 Å². The number of benzene rings is 1. The summed E-state index contributed by atoms with van der Waals surface area (Å²) in [7, 11) is 1.60. The lowest BCUT2D eigenvalue weighted by molar-refractivity contribution is -0.145. The number of carbonyl (C=O) groups excluding carboxylic acids is 3. The van der Waals surface area contributed by atoms with Crippen LogP contribution in [0.15, 0.2) is 36.5 Å². The van der Waals surface area contributed by atoms with Gasteiger partial charge in [-0.1, -0.05) is 23.2 Å².